The van der Waals surface area contributed by atoms with Crippen molar-refractivity contribution >= 4 is 0 Å². The van der Waals surface area contributed by atoms with Gasteiger partial charge in [0.15, 0.2) is 0 Å². The second-order valence-electron chi connectivity index (χ2n) is 4.60. The van der Waals surface area contributed by atoms with Gasteiger partial charge < -0.3 is 0 Å². The van der Waals surface area contributed by atoms with Crippen LogP contribution in [0.15, 0.2) is 24.3 Å². The molecule has 0 atom stereocenters. The van der Waals surface area contributed by atoms with Crippen LogP contribution in [0, 0.1) is 5.41 Å². The van der Waals surface area contributed by atoms with Crippen molar-refractivity contribution < 1.29 is 0 Å². The first-order chi connectivity index (χ1) is 6.62. The Morgan fingerprint density at radius 3 is 2.14 bits per heavy atom. The SMILES string of the molecule is CCC=CCCC=CC(C)(C)CCC. The Bertz CT molecular complexity index is 172. The third-order valence-electron chi connectivity index (χ3n) is 2.37. The Kier molecular flexibility index (Phi) is 7.55. The van der Waals surface area contributed by atoms with E-state index in [9.17, 15) is 0 Å². The summed E-state index contributed by atoms with van der Waals surface area (Å²) in [6, 6.07) is 0. The van der Waals surface area contributed by atoms with Crippen molar-refractivity contribution in [2.24, 2.45) is 5.41 Å². The summed E-state index contributed by atoms with van der Waals surface area (Å²) in [5.74, 6) is 0. The lowest BCUT2D eigenvalue weighted by Crippen LogP contribution is -2.05. The molecule has 0 heterocycles. The monoisotopic (exact) mass is 194 g/mol. The van der Waals surface area contributed by atoms with E-state index in [0.717, 1.165) is 6.42 Å². The predicted octanol–water partition coefficient (Wildman–Crippen LogP) is 5.12. The van der Waals surface area contributed by atoms with Gasteiger partial charge in [0, 0.05) is 0 Å². The molecule has 0 saturated heterocycles. The lowest BCUT2D eigenvalue weighted by Gasteiger charge is -2.18. The zero-order valence-corrected chi connectivity index (χ0v) is 10.3. The molecule has 0 saturated carbocycles. The van der Waals surface area contributed by atoms with E-state index in [1.165, 1.54) is 25.7 Å². The summed E-state index contributed by atoms with van der Waals surface area (Å²) in [5.41, 5.74) is 0.392. The smallest absolute Gasteiger partial charge is 0.0175 e. The van der Waals surface area contributed by atoms with Crippen molar-refractivity contribution in [1.29, 1.82) is 0 Å². The van der Waals surface area contributed by atoms with Gasteiger partial charge in [0.2, 0.25) is 0 Å². The van der Waals surface area contributed by atoms with Crippen LogP contribution in [0.25, 0.3) is 0 Å². The van der Waals surface area contributed by atoms with E-state index in [4.69, 9.17) is 0 Å². The average molecular weight is 194 g/mol. The normalized spacial score (nSPS) is 13.1. The van der Waals surface area contributed by atoms with Crippen LogP contribution in [0.3, 0.4) is 0 Å². The van der Waals surface area contributed by atoms with Crippen LogP contribution in [0.2, 0.25) is 0 Å². The standard InChI is InChI=1S/C14H26/c1-5-7-8-9-10-11-13-14(3,4)12-6-2/h7-8,11,13H,5-6,9-10,12H2,1-4H3. The predicted molar refractivity (Wildman–Crippen MR) is 66.5 cm³/mol. The molecule has 0 aromatic rings. The summed E-state index contributed by atoms with van der Waals surface area (Å²) < 4.78 is 0. The van der Waals surface area contributed by atoms with E-state index in [0.29, 0.717) is 5.41 Å². The van der Waals surface area contributed by atoms with Crippen molar-refractivity contribution in [2.75, 3.05) is 0 Å². The summed E-state index contributed by atoms with van der Waals surface area (Å²) in [7, 11) is 0. The van der Waals surface area contributed by atoms with Gasteiger partial charge >= 0.3 is 0 Å². The summed E-state index contributed by atoms with van der Waals surface area (Å²) in [6.07, 6.45) is 15.3. The highest BCUT2D eigenvalue weighted by atomic mass is 14.2. The Labute approximate surface area is 90.1 Å². The number of hydrogen-bond donors (Lipinski definition) is 0. The largest absolute Gasteiger partial charge is 0.0888 e. The molecule has 0 rings (SSSR count). The molecule has 0 N–H and O–H groups in total. The molecule has 0 aliphatic heterocycles. The first-order valence-electron chi connectivity index (χ1n) is 5.95. The first-order valence-corrected chi connectivity index (χ1v) is 5.95. The highest BCUT2D eigenvalue weighted by Crippen LogP contribution is 2.23. The van der Waals surface area contributed by atoms with Crippen LogP contribution < -0.4 is 0 Å². The number of rotatable bonds is 7. The number of allylic oxidation sites excluding steroid dienone is 4. The lowest BCUT2D eigenvalue weighted by molar-refractivity contribution is 0.431. The zero-order valence-electron chi connectivity index (χ0n) is 10.3. The average Bonchev–Trinajstić information content (AvgIpc) is 2.11. The number of unbranched alkanes of at least 4 members (excludes halogenated alkanes) is 1. The zero-order chi connectivity index (χ0) is 10.9. The molecule has 0 heteroatoms. The molecule has 0 aromatic heterocycles. The fourth-order valence-electron chi connectivity index (χ4n) is 1.61. The van der Waals surface area contributed by atoms with Crippen molar-refractivity contribution in [2.45, 2.75) is 59.8 Å². The minimum Gasteiger partial charge on any atom is -0.0888 e. The molecule has 0 aliphatic rings. The first kappa shape index (κ1) is 13.5. The third-order valence-corrected chi connectivity index (χ3v) is 2.37. The van der Waals surface area contributed by atoms with Gasteiger partial charge in [-0.1, -0.05) is 58.4 Å². The second-order valence-corrected chi connectivity index (χ2v) is 4.60. The summed E-state index contributed by atoms with van der Waals surface area (Å²) in [4.78, 5) is 0. The van der Waals surface area contributed by atoms with Gasteiger partial charge in [-0.25, -0.2) is 0 Å². The Hall–Kier alpha value is -0.520. The Morgan fingerprint density at radius 1 is 0.929 bits per heavy atom. The molecule has 0 bridgehead atoms. The van der Waals surface area contributed by atoms with Gasteiger partial charge in [-0.05, 0) is 31.1 Å². The molecule has 82 valence electrons. The van der Waals surface area contributed by atoms with Gasteiger partial charge in [-0.3, -0.25) is 0 Å². The fraction of sp³-hybridized carbons (Fsp3) is 0.714. The van der Waals surface area contributed by atoms with Crippen molar-refractivity contribution in [3.05, 3.63) is 24.3 Å². The van der Waals surface area contributed by atoms with E-state index >= 15 is 0 Å². The summed E-state index contributed by atoms with van der Waals surface area (Å²) in [6.45, 7) is 9.06. The van der Waals surface area contributed by atoms with Gasteiger partial charge in [-0.2, -0.15) is 0 Å². The molecule has 14 heavy (non-hydrogen) atoms. The van der Waals surface area contributed by atoms with E-state index in [1.54, 1.807) is 0 Å². The van der Waals surface area contributed by atoms with Crippen LogP contribution in [-0.4, -0.2) is 0 Å². The molecule has 0 aromatic carbocycles. The van der Waals surface area contributed by atoms with Gasteiger partial charge in [0.05, 0.1) is 0 Å². The van der Waals surface area contributed by atoms with E-state index in [-0.39, 0.29) is 0 Å². The maximum atomic E-state index is 2.37. The van der Waals surface area contributed by atoms with Crippen LogP contribution in [0.4, 0.5) is 0 Å². The summed E-state index contributed by atoms with van der Waals surface area (Å²) >= 11 is 0. The van der Waals surface area contributed by atoms with Crippen molar-refractivity contribution in [1.82, 2.24) is 0 Å². The van der Waals surface area contributed by atoms with Crippen LogP contribution in [0.5, 0.6) is 0 Å². The molecule has 0 spiro atoms. The molecule has 0 radical (unpaired) electrons. The van der Waals surface area contributed by atoms with Crippen LogP contribution in [0.1, 0.15) is 59.8 Å². The molecular weight excluding hydrogens is 168 g/mol. The molecular formula is C14H26. The molecule has 0 amide bonds. The van der Waals surface area contributed by atoms with Crippen LogP contribution >= 0.6 is 0 Å². The van der Waals surface area contributed by atoms with Crippen LogP contribution in [-0.2, 0) is 0 Å². The minimum atomic E-state index is 0.392. The Morgan fingerprint density at radius 2 is 1.57 bits per heavy atom. The van der Waals surface area contributed by atoms with Crippen molar-refractivity contribution in [3.8, 4) is 0 Å². The minimum absolute atomic E-state index is 0.392. The van der Waals surface area contributed by atoms with E-state index < -0.39 is 0 Å². The highest BCUT2D eigenvalue weighted by molar-refractivity contribution is 4.95. The molecule has 0 aliphatic carbocycles. The molecule has 0 nitrogen and oxygen atoms in total. The van der Waals surface area contributed by atoms with E-state index in [2.05, 4.69) is 52.0 Å². The van der Waals surface area contributed by atoms with Gasteiger partial charge in [-0.15, -0.1) is 0 Å². The van der Waals surface area contributed by atoms with Gasteiger partial charge in [0.25, 0.3) is 0 Å². The maximum absolute atomic E-state index is 2.37. The third kappa shape index (κ3) is 8.10. The Balaban J connectivity index is 3.65. The van der Waals surface area contributed by atoms with Gasteiger partial charge in [0.1, 0.15) is 0 Å². The quantitative estimate of drug-likeness (QED) is 0.390. The molecule has 0 fully saturated rings. The summed E-state index contributed by atoms with van der Waals surface area (Å²) in [5, 5.41) is 0. The number of hydrogen-bond acceptors (Lipinski definition) is 0. The van der Waals surface area contributed by atoms with E-state index in [1.807, 2.05) is 0 Å². The fourth-order valence-corrected chi connectivity index (χ4v) is 1.61. The molecule has 0 unspecified atom stereocenters. The maximum Gasteiger partial charge on any atom is -0.0175 e. The highest BCUT2D eigenvalue weighted by Gasteiger charge is 2.10. The van der Waals surface area contributed by atoms with Crippen molar-refractivity contribution in [3.63, 3.8) is 0 Å². The lowest BCUT2D eigenvalue weighted by atomic mass is 9.87. The topological polar surface area (TPSA) is 0 Å². The second kappa shape index (κ2) is 7.84.